The molecule has 0 atom stereocenters. The lowest BCUT2D eigenvalue weighted by Gasteiger charge is -2.13. The third-order valence-electron chi connectivity index (χ3n) is 2.97. The van der Waals surface area contributed by atoms with Crippen LogP contribution in [0.4, 0.5) is 5.69 Å². The molecule has 18 heavy (non-hydrogen) atoms. The first-order valence-electron chi connectivity index (χ1n) is 5.82. The maximum absolute atomic E-state index is 6.17. The summed E-state index contributed by atoms with van der Waals surface area (Å²) in [7, 11) is 0. The summed E-state index contributed by atoms with van der Waals surface area (Å²) in [6.45, 7) is 4.86. The molecule has 0 fully saturated rings. The Morgan fingerprint density at radius 1 is 0.944 bits per heavy atom. The van der Waals surface area contributed by atoms with Crippen LogP contribution in [-0.2, 0) is 6.54 Å². The lowest BCUT2D eigenvalue weighted by Crippen LogP contribution is -2.03. The van der Waals surface area contributed by atoms with Crippen LogP contribution in [0.1, 0.15) is 16.7 Å². The van der Waals surface area contributed by atoms with Gasteiger partial charge in [0.1, 0.15) is 0 Å². The first kappa shape index (κ1) is 13.3. The number of anilines is 1. The fourth-order valence-electron chi connectivity index (χ4n) is 1.96. The Hall–Kier alpha value is -1.18. The highest BCUT2D eigenvalue weighted by molar-refractivity contribution is 6.42. The molecule has 2 aromatic rings. The number of benzene rings is 2. The van der Waals surface area contributed by atoms with E-state index < -0.39 is 0 Å². The van der Waals surface area contributed by atoms with Gasteiger partial charge in [-0.1, -0.05) is 53.5 Å². The third-order valence-corrected chi connectivity index (χ3v) is 3.83. The summed E-state index contributed by atoms with van der Waals surface area (Å²) in [5.41, 5.74) is 4.63. The number of rotatable bonds is 3. The molecule has 0 saturated carbocycles. The van der Waals surface area contributed by atoms with Crippen molar-refractivity contribution in [3.63, 3.8) is 0 Å². The van der Waals surface area contributed by atoms with Crippen molar-refractivity contribution in [3.05, 3.63) is 63.1 Å². The van der Waals surface area contributed by atoms with Crippen molar-refractivity contribution in [2.75, 3.05) is 5.32 Å². The highest BCUT2D eigenvalue weighted by atomic mass is 35.5. The summed E-state index contributed by atoms with van der Waals surface area (Å²) >= 11 is 12.2. The van der Waals surface area contributed by atoms with E-state index in [0.29, 0.717) is 16.6 Å². The molecule has 0 aliphatic carbocycles. The van der Waals surface area contributed by atoms with Gasteiger partial charge >= 0.3 is 0 Å². The molecule has 94 valence electrons. The predicted molar refractivity (Wildman–Crippen MR) is 79.7 cm³/mol. The van der Waals surface area contributed by atoms with E-state index in [9.17, 15) is 0 Å². The molecule has 3 heteroatoms. The minimum atomic E-state index is 0.595. The Morgan fingerprint density at radius 2 is 1.56 bits per heavy atom. The first-order valence-corrected chi connectivity index (χ1v) is 6.58. The average Bonchev–Trinajstić information content (AvgIpc) is 2.33. The molecule has 2 rings (SSSR count). The van der Waals surface area contributed by atoms with E-state index in [-0.39, 0.29) is 0 Å². The van der Waals surface area contributed by atoms with Gasteiger partial charge in [0.15, 0.2) is 0 Å². The van der Waals surface area contributed by atoms with Crippen molar-refractivity contribution in [3.8, 4) is 0 Å². The van der Waals surface area contributed by atoms with Gasteiger partial charge < -0.3 is 5.32 Å². The predicted octanol–water partition coefficient (Wildman–Crippen LogP) is 5.22. The lowest BCUT2D eigenvalue weighted by molar-refractivity contribution is 1.13. The summed E-state index contributed by atoms with van der Waals surface area (Å²) in [5, 5.41) is 4.64. The maximum Gasteiger partial charge on any atom is 0.0642 e. The summed E-state index contributed by atoms with van der Waals surface area (Å²) in [4.78, 5) is 0. The summed E-state index contributed by atoms with van der Waals surface area (Å²) in [5.74, 6) is 0. The van der Waals surface area contributed by atoms with Crippen LogP contribution in [0.15, 0.2) is 36.4 Å². The van der Waals surface area contributed by atoms with Crippen LogP contribution in [0.25, 0.3) is 0 Å². The Kier molecular flexibility index (Phi) is 4.15. The average molecular weight is 280 g/mol. The van der Waals surface area contributed by atoms with Gasteiger partial charge in [0.25, 0.3) is 0 Å². The van der Waals surface area contributed by atoms with E-state index in [1.165, 1.54) is 11.1 Å². The Balaban J connectivity index is 2.19. The van der Waals surface area contributed by atoms with Gasteiger partial charge in [0.05, 0.1) is 10.0 Å². The highest BCUT2D eigenvalue weighted by Crippen LogP contribution is 2.27. The zero-order valence-electron chi connectivity index (χ0n) is 10.4. The second kappa shape index (κ2) is 5.64. The molecule has 0 spiro atoms. The number of hydrogen-bond donors (Lipinski definition) is 1. The SMILES string of the molecule is Cc1cccc(C)c1NCc1cccc(Cl)c1Cl. The molecule has 0 bridgehead atoms. The first-order chi connectivity index (χ1) is 8.59. The van der Waals surface area contributed by atoms with Gasteiger partial charge in [-0.05, 0) is 36.6 Å². The Bertz CT molecular complexity index is 544. The number of hydrogen-bond acceptors (Lipinski definition) is 1. The largest absolute Gasteiger partial charge is 0.380 e. The van der Waals surface area contributed by atoms with Crippen molar-refractivity contribution in [1.82, 2.24) is 0 Å². The highest BCUT2D eigenvalue weighted by Gasteiger charge is 2.06. The fourth-order valence-corrected chi connectivity index (χ4v) is 2.35. The van der Waals surface area contributed by atoms with Crippen LogP contribution in [0, 0.1) is 13.8 Å². The second-order valence-electron chi connectivity index (χ2n) is 4.33. The number of nitrogens with one attached hydrogen (secondary N) is 1. The van der Waals surface area contributed by atoms with E-state index in [2.05, 4.69) is 37.4 Å². The topological polar surface area (TPSA) is 12.0 Å². The monoisotopic (exact) mass is 279 g/mol. The summed E-state index contributed by atoms with van der Waals surface area (Å²) < 4.78 is 0. The molecular formula is C15H15Cl2N. The maximum atomic E-state index is 6.17. The van der Waals surface area contributed by atoms with Gasteiger partial charge in [0, 0.05) is 12.2 Å². The zero-order chi connectivity index (χ0) is 13.1. The molecule has 0 unspecified atom stereocenters. The van der Waals surface area contributed by atoms with Crippen molar-refractivity contribution < 1.29 is 0 Å². The number of halogens is 2. The van der Waals surface area contributed by atoms with Crippen LogP contribution in [0.5, 0.6) is 0 Å². The van der Waals surface area contributed by atoms with E-state index >= 15 is 0 Å². The fraction of sp³-hybridized carbons (Fsp3) is 0.200. The van der Waals surface area contributed by atoms with Crippen molar-refractivity contribution in [2.45, 2.75) is 20.4 Å². The van der Waals surface area contributed by atoms with Crippen LogP contribution >= 0.6 is 23.2 Å². The van der Waals surface area contributed by atoms with Gasteiger partial charge in [-0.25, -0.2) is 0 Å². The number of para-hydroxylation sites is 1. The number of aryl methyl sites for hydroxylation is 2. The van der Waals surface area contributed by atoms with E-state index in [0.717, 1.165) is 11.3 Å². The minimum Gasteiger partial charge on any atom is -0.380 e. The van der Waals surface area contributed by atoms with Crippen molar-refractivity contribution in [2.24, 2.45) is 0 Å². The van der Waals surface area contributed by atoms with Gasteiger partial charge in [-0.2, -0.15) is 0 Å². The normalized spacial score (nSPS) is 10.4. The molecular weight excluding hydrogens is 265 g/mol. The van der Waals surface area contributed by atoms with E-state index in [1.54, 1.807) is 6.07 Å². The van der Waals surface area contributed by atoms with Crippen molar-refractivity contribution in [1.29, 1.82) is 0 Å². The molecule has 0 aromatic heterocycles. The van der Waals surface area contributed by atoms with Crippen LogP contribution in [-0.4, -0.2) is 0 Å². The molecule has 2 aromatic carbocycles. The van der Waals surface area contributed by atoms with Crippen LogP contribution < -0.4 is 5.32 Å². The smallest absolute Gasteiger partial charge is 0.0642 e. The molecule has 0 heterocycles. The van der Waals surface area contributed by atoms with Gasteiger partial charge in [-0.3, -0.25) is 0 Å². The summed E-state index contributed by atoms with van der Waals surface area (Å²) in [6, 6.07) is 11.9. The molecule has 0 aliphatic heterocycles. The molecule has 0 saturated heterocycles. The molecule has 1 N–H and O–H groups in total. The van der Waals surface area contributed by atoms with Crippen LogP contribution in [0.2, 0.25) is 10.0 Å². The van der Waals surface area contributed by atoms with Crippen LogP contribution in [0.3, 0.4) is 0 Å². The molecule has 0 amide bonds. The molecule has 1 nitrogen and oxygen atoms in total. The lowest BCUT2D eigenvalue weighted by atomic mass is 10.1. The minimum absolute atomic E-state index is 0.595. The summed E-state index contributed by atoms with van der Waals surface area (Å²) in [6.07, 6.45) is 0. The van der Waals surface area contributed by atoms with E-state index in [1.807, 2.05) is 12.1 Å². The van der Waals surface area contributed by atoms with Gasteiger partial charge in [-0.15, -0.1) is 0 Å². The Morgan fingerprint density at radius 3 is 2.22 bits per heavy atom. The third kappa shape index (κ3) is 2.80. The Labute approximate surface area is 118 Å². The molecule has 0 radical (unpaired) electrons. The second-order valence-corrected chi connectivity index (χ2v) is 5.12. The van der Waals surface area contributed by atoms with E-state index in [4.69, 9.17) is 23.2 Å². The molecule has 0 aliphatic rings. The standard InChI is InChI=1S/C15H15Cl2N/c1-10-5-3-6-11(2)15(10)18-9-12-7-4-8-13(16)14(12)17/h3-8,18H,9H2,1-2H3. The van der Waals surface area contributed by atoms with Gasteiger partial charge in [0.2, 0.25) is 0 Å². The van der Waals surface area contributed by atoms with Crippen molar-refractivity contribution >= 4 is 28.9 Å². The zero-order valence-corrected chi connectivity index (χ0v) is 11.9. The quantitative estimate of drug-likeness (QED) is 0.812.